The van der Waals surface area contributed by atoms with Gasteiger partial charge in [0.05, 0.1) is 26.3 Å². The van der Waals surface area contributed by atoms with Crippen LogP contribution < -0.4 is 4.84 Å². The van der Waals surface area contributed by atoms with Crippen molar-refractivity contribution in [3.8, 4) is 5.75 Å². The molecule has 70 valence electrons. The highest BCUT2D eigenvalue weighted by Crippen LogP contribution is 2.11. The first-order valence-corrected chi connectivity index (χ1v) is 4.51. The Kier molecular flexibility index (Phi) is 2.79. The van der Waals surface area contributed by atoms with Gasteiger partial charge >= 0.3 is 0 Å². The summed E-state index contributed by atoms with van der Waals surface area (Å²) in [6.07, 6.45) is 0. The van der Waals surface area contributed by atoms with Crippen LogP contribution in [0.3, 0.4) is 0 Å². The van der Waals surface area contributed by atoms with Gasteiger partial charge in [-0.2, -0.15) is 0 Å². The highest BCUT2D eigenvalue weighted by atomic mass is 16.7. The SMILES string of the molecule is c1ccc(ON2CCOCC2)cc1. The Hall–Kier alpha value is -1.06. The number of morpholine rings is 1. The molecule has 0 saturated carbocycles. The van der Waals surface area contributed by atoms with Gasteiger partial charge < -0.3 is 9.57 Å². The summed E-state index contributed by atoms with van der Waals surface area (Å²) < 4.78 is 5.22. The van der Waals surface area contributed by atoms with Crippen LogP contribution in [0.25, 0.3) is 0 Å². The summed E-state index contributed by atoms with van der Waals surface area (Å²) in [5, 5.41) is 1.93. The van der Waals surface area contributed by atoms with Gasteiger partial charge in [0.25, 0.3) is 0 Å². The summed E-state index contributed by atoms with van der Waals surface area (Å²) in [4.78, 5) is 5.61. The maximum atomic E-state index is 5.61. The molecule has 3 heteroatoms. The van der Waals surface area contributed by atoms with Crippen molar-refractivity contribution in [1.82, 2.24) is 5.06 Å². The second-order valence-corrected chi connectivity index (χ2v) is 2.95. The molecule has 1 saturated heterocycles. The van der Waals surface area contributed by atoms with Crippen LogP contribution in [0.5, 0.6) is 5.75 Å². The fraction of sp³-hybridized carbons (Fsp3) is 0.400. The summed E-state index contributed by atoms with van der Waals surface area (Å²) >= 11 is 0. The molecule has 2 rings (SSSR count). The number of benzene rings is 1. The molecule has 0 atom stereocenters. The van der Waals surface area contributed by atoms with Gasteiger partial charge in [-0.3, -0.25) is 0 Å². The number of hydrogen-bond acceptors (Lipinski definition) is 3. The quantitative estimate of drug-likeness (QED) is 0.683. The van der Waals surface area contributed by atoms with Crippen LogP contribution >= 0.6 is 0 Å². The van der Waals surface area contributed by atoms with Gasteiger partial charge in [-0.1, -0.05) is 18.2 Å². The number of ether oxygens (including phenoxy) is 1. The maximum absolute atomic E-state index is 5.61. The normalized spacial score (nSPS) is 18.5. The number of para-hydroxylation sites is 1. The van der Waals surface area contributed by atoms with E-state index in [0.717, 1.165) is 32.1 Å². The molecule has 0 aliphatic carbocycles. The minimum absolute atomic E-state index is 0.757. The van der Waals surface area contributed by atoms with E-state index in [9.17, 15) is 0 Å². The number of hydrogen-bond donors (Lipinski definition) is 0. The number of hydroxylamine groups is 2. The zero-order valence-corrected chi connectivity index (χ0v) is 7.48. The van der Waals surface area contributed by atoms with E-state index < -0.39 is 0 Å². The predicted molar refractivity (Wildman–Crippen MR) is 49.5 cm³/mol. The predicted octanol–water partition coefficient (Wildman–Crippen LogP) is 1.31. The van der Waals surface area contributed by atoms with Crippen molar-refractivity contribution in [1.29, 1.82) is 0 Å². The van der Waals surface area contributed by atoms with E-state index in [1.807, 2.05) is 35.4 Å². The van der Waals surface area contributed by atoms with Crippen LogP contribution in [0.1, 0.15) is 0 Å². The number of rotatable bonds is 2. The second-order valence-electron chi connectivity index (χ2n) is 2.95. The van der Waals surface area contributed by atoms with Gasteiger partial charge in [-0.15, -0.1) is 5.06 Å². The van der Waals surface area contributed by atoms with Crippen LogP contribution in [0.4, 0.5) is 0 Å². The van der Waals surface area contributed by atoms with Crippen LogP contribution in [-0.2, 0) is 4.74 Å². The van der Waals surface area contributed by atoms with Gasteiger partial charge in [0.1, 0.15) is 5.75 Å². The summed E-state index contributed by atoms with van der Waals surface area (Å²) in [5.41, 5.74) is 0. The van der Waals surface area contributed by atoms with Crippen LogP contribution in [0, 0.1) is 0 Å². The molecule has 1 fully saturated rings. The standard InChI is InChI=1S/C10H13NO2/c1-2-4-10(5-3-1)13-11-6-8-12-9-7-11/h1-5H,6-9H2. The molecule has 1 aromatic carbocycles. The lowest BCUT2D eigenvalue weighted by Gasteiger charge is -2.26. The number of nitrogens with zero attached hydrogens (tertiary/aromatic N) is 1. The minimum Gasteiger partial charge on any atom is -0.406 e. The maximum Gasteiger partial charge on any atom is 0.147 e. The van der Waals surface area contributed by atoms with E-state index in [1.165, 1.54) is 0 Å². The zero-order chi connectivity index (χ0) is 8.93. The summed E-state index contributed by atoms with van der Waals surface area (Å²) in [5.74, 6) is 0.893. The van der Waals surface area contributed by atoms with E-state index >= 15 is 0 Å². The molecule has 0 unspecified atom stereocenters. The van der Waals surface area contributed by atoms with Crippen LogP contribution in [-0.4, -0.2) is 31.4 Å². The smallest absolute Gasteiger partial charge is 0.147 e. The van der Waals surface area contributed by atoms with E-state index in [2.05, 4.69) is 0 Å². The Morgan fingerprint density at radius 1 is 1.08 bits per heavy atom. The minimum atomic E-state index is 0.757. The second kappa shape index (κ2) is 4.25. The molecule has 1 aliphatic heterocycles. The van der Waals surface area contributed by atoms with Crippen molar-refractivity contribution >= 4 is 0 Å². The van der Waals surface area contributed by atoms with Gasteiger partial charge in [0, 0.05) is 0 Å². The van der Waals surface area contributed by atoms with E-state index in [1.54, 1.807) is 0 Å². The Bertz CT molecular complexity index is 244. The van der Waals surface area contributed by atoms with E-state index in [-0.39, 0.29) is 0 Å². The molecule has 3 nitrogen and oxygen atoms in total. The molecular weight excluding hydrogens is 166 g/mol. The Balaban J connectivity index is 1.90. The van der Waals surface area contributed by atoms with Crippen molar-refractivity contribution in [2.24, 2.45) is 0 Å². The molecule has 1 aliphatic rings. The van der Waals surface area contributed by atoms with Crippen molar-refractivity contribution < 1.29 is 9.57 Å². The van der Waals surface area contributed by atoms with Gasteiger partial charge in [-0.05, 0) is 12.1 Å². The Morgan fingerprint density at radius 3 is 2.46 bits per heavy atom. The first-order valence-electron chi connectivity index (χ1n) is 4.51. The summed E-state index contributed by atoms with van der Waals surface area (Å²) in [6, 6.07) is 9.82. The summed E-state index contributed by atoms with van der Waals surface area (Å²) in [7, 11) is 0. The highest BCUT2D eigenvalue weighted by molar-refractivity contribution is 5.20. The lowest BCUT2D eigenvalue weighted by Crippen LogP contribution is -2.38. The van der Waals surface area contributed by atoms with Crippen LogP contribution in [0.2, 0.25) is 0 Å². The van der Waals surface area contributed by atoms with Crippen molar-refractivity contribution in [3.63, 3.8) is 0 Å². The van der Waals surface area contributed by atoms with Gasteiger partial charge in [0.2, 0.25) is 0 Å². The van der Waals surface area contributed by atoms with Crippen LogP contribution in [0.15, 0.2) is 30.3 Å². The lowest BCUT2D eigenvalue weighted by molar-refractivity contribution is -0.118. The molecule has 0 amide bonds. The molecule has 1 aromatic rings. The third-order valence-corrected chi connectivity index (χ3v) is 1.95. The first kappa shape index (κ1) is 8.53. The molecular formula is C10H13NO2. The topological polar surface area (TPSA) is 21.7 Å². The average Bonchev–Trinajstić information content (AvgIpc) is 2.21. The third kappa shape index (κ3) is 2.44. The molecule has 0 radical (unpaired) electrons. The van der Waals surface area contributed by atoms with Crippen molar-refractivity contribution in [2.75, 3.05) is 26.3 Å². The largest absolute Gasteiger partial charge is 0.406 e. The fourth-order valence-electron chi connectivity index (χ4n) is 1.27. The Morgan fingerprint density at radius 2 is 1.77 bits per heavy atom. The first-order chi connectivity index (χ1) is 6.45. The van der Waals surface area contributed by atoms with E-state index in [0.29, 0.717) is 0 Å². The Labute approximate surface area is 77.8 Å². The monoisotopic (exact) mass is 179 g/mol. The highest BCUT2D eigenvalue weighted by Gasteiger charge is 2.11. The third-order valence-electron chi connectivity index (χ3n) is 1.95. The lowest BCUT2D eigenvalue weighted by atomic mass is 10.3. The van der Waals surface area contributed by atoms with Gasteiger partial charge in [-0.25, -0.2) is 0 Å². The zero-order valence-electron chi connectivity index (χ0n) is 7.48. The molecule has 0 bridgehead atoms. The van der Waals surface area contributed by atoms with Crippen molar-refractivity contribution in [2.45, 2.75) is 0 Å². The van der Waals surface area contributed by atoms with Gasteiger partial charge in [0.15, 0.2) is 0 Å². The molecule has 0 N–H and O–H groups in total. The molecule has 0 aromatic heterocycles. The molecule has 0 spiro atoms. The average molecular weight is 179 g/mol. The fourth-order valence-corrected chi connectivity index (χ4v) is 1.27. The summed E-state index contributed by atoms with van der Waals surface area (Å²) in [6.45, 7) is 3.20. The molecule has 1 heterocycles. The van der Waals surface area contributed by atoms with E-state index in [4.69, 9.17) is 9.57 Å². The molecule has 13 heavy (non-hydrogen) atoms. The van der Waals surface area contributed by atoms with Crippen molar-refractivity contribution in [3.05, 3.63) is 30.3 Å².